The molecule has 12 heteroatoms. The molecule has 2 aromatic rings. The summed E-state index contributed by atoms with van der Waals surface area (Å²) in [5.41, 5.74) is 9.11. The molecule has 2 heterocycles. The number of nitrogen functional groups attached to an aromatic ring is 1. The number of hydrogen-bond donors (Lipinski definition) is 3. The molecule has 4 N–H and O–H groups in total. The van der Waals surface area contributed by atoms with Crippen molar-refractivity contribution >= 4 is 33.8 Å². The average Bonchev–Trinajstić information content (AvgIpc) is 3.13. The molecule has 2 aromatic carbocycles. The zero-order valence-electron chi connectivity index (χ0n) is 34.4. The standard InChI is InChI=1S/C22H35NO4.C13H20N2O2.C8H15BrO2/c1-22(2,3)27-21(24)23-15-14-19-12-10-18(11-13-19)8-4-6-16-25-20-9-5-7-17-26-20;1-13(2,3)17-12(16)15-9-8-10-4-6-11(14)7-5-10;9-5-3-7-11-8-4-1-2-6-10-8/h10-13,20H,4-9,14-17H2,1-3H3,(H,23,24);4-7H,8-9,14H2,1-3H3,(H,15,16);8H,1-7H2. The summed E-state index contributed by atoms with van der Waals surface area (Å²) in [5.74, 6) is 0. The molecule has 2 aliphatic heterocycles. The predicted molar refractivity (Wildman–Crippen MR) is 224 cm³/mol. The van der Waals surface area contributed by atoms with Crippen LogP contribution in [-0.4, -0.2) is 80.8 Å². The van der Waals surface area contributed by atoms with E-state index in [1.54, 1.807) is 0 Å². The number of amides is 2. The first-order valence-corrected chi connectivity index (χ1v) is 21.2. The molecule has 4 rings (SSSR count). The number of nitrogens with two attached hydrogens (primary N) is 1. The summed E-state index contributed by atoms with van der Waals surface area (Å²) in [4.78, 5) is 23.0. The maximum Gasteiger partial charge on any atom is 0.407 e. The first-order chi connectivity index (χ1) is 26.2. The van der Waals surface area contributed by atoms with E-state index in [-0.39, 0.29) is 24.8 Å². The highest BCUT2D eigenvalue weighted by atomic mass is 79.9. The monoisotopic (exact) mass is 835 g/mol. The lowest BCUT2D eigenvalue weighted by Crippen LogP contribution is -2.33. The van der Waals surface area contributed by atoms with Crippen LogP contribution in [0.1, 0.15) is 116 Å². The van der Waals surface area contributed by atoms with Crippen molar-refractivity contribution < 1.29 is 38.0 Å². The van der Waals surface area contributed by atoms with Gasteiger partial charge in [-0.05, 0) is 147 Å². The van der Waals surface area contributed by atoms with Crippen molar-refractivity contribution in [3.05, 3.63) is 65.2 Å². The number of alkyl carbamates (subject to hydrolysis) is 2. The molecule has 2 fully saturated rings. The number of carbonyl (C=O) groups excluding carboxylic acids is 2. The number of unbranched alkanes of at least 4 members (excludes halogenated alkanes) is 1. The van der Waals surface area contributed by atoms with Crippen LogP contribution in [0.15, 0.2) is 48.5 Å². The Bertz CT molecular complexity index is 1290. The minimum absolute atomic E-state index is 0.0207. The molecule has 2 aliphatic rings. The Labute approximate surface area is 339 Å². The molecule has 0 aliphatic carbocycles. The van der Waals surface area contributed by atoms with Crippen LogP contribution in [0.25, 0.3) is 0 Å². The smallest absolute Gasteiger partial charge is 0.407 e. The minimum atomic E-state index is -0.458. The molecule has 2 unspecified atom stereocenters. The summed E-state index contributed by atoms with van der Waals surface area (Å²) in [6.07, 6.45) is 12.1. The lowest BCUT2D eigenvalue weighted by atomic mass is 10.0. The van der Waals surface area contributed by atoms with E-state index < -0.39 is 11.2 Å². The second-order valence-corrected chi connectivity index (χ2v) is 16.5. The highest BCUT2D eigenvalue weighted by Crippen LogP contribution is 2.16. The summed E-state index contributed by atoms with van der Waals surface area (Å²) in [6.45, 7) is 15.5. The Kier molecular flexibility index (Phi) is 24.3. The first kappa shape index (κ1) is 48.2. The number of ether oxygens (including phenoxy) is 6. The number of rotatable bonds is 16. The third kappa shape index (κ3) is 26.6. The number of alkyl halides is 1. The van der Waals surface area contributed by atoms with Crippen molar-refractivity contribution in [3.63, 3.8) is 0 Å². The van der Waals surface area contributed by atoms with Gasteiger partial charge >= 0.3 is 12.2 Å². The average molecular weight is 837 g/mol. The Hall–Kier alpha value is -2.90. The van der Waals surface area contributed by atoms with E-state index in [0.717, 1.165) is 101 Å². The molecular formula is C43H70BrN3O8. The van der Waals surface area contributed by atoms with Gasteiger partial charge in [-0.3, -0.25) is 0 Å². The second-order valence-electron chi connectivity index (χ2n) is 15.7. The zero-order valence-corrected chi connectivity index (χ0v) is 36.0. The number of benzene rings is 2. The van der Waals surface area contributed by atoms with E-state index in [0.29, 0.717) is 13.1 Å². The van der Waals surface area contributed by atoms with Gasteiger partial charge in [0.1, 0.15) is 11.2 Å². The third-order valence-corrected chi connectivity index (χ3v) is 8.75. The van der Waals surface area contributed by atoms with Gasteiger partial charge in [0.05, 0.1) is 6.61 Å². The fraction of sp³-hybridized carbons (Fsp3) is 0.674. The number of nitrogens with one attached hydrogen (secondary N) is 2. The van der Waals surface area contributed by atoms with Crippen LogP contribution in [-0.2, 0) is 47.7 Å². The Morgan fingerprint density at radius 1 is 0.655 bits per heavy atom. The number of halogens is 1. The lowest BCUT2D eigenvalue weighted by molar-refractivity contribution is -0.162. The Morgan fingerprint density at radius 3 is 1.47 bits per heavy atom. The van der Waals surface area contributed by atoms with E-state index in [4.69, 9.17) is 34.2 Å². The molecular weight excluding hydrogens is 766 g/mol. The van der Waals surface area contributed by atoms with Crippen molar-refractivity contribution in [2.75, 3.05) is 50.6 Å². The van der Waals surface area contributed by atoms with Crippen molar-refractivity contribution in [1.29, 1.82) is 0 Å². The number of aryl methyl sites for hydroxylation is 1. The van der Waals surface area contributed by atoms with Crippen molar-refractivity contribution in [1.82, 2.24) is 10.6 Å². The van der Waals surface area contributed by atoms with E-state index in [9.17, 15) is 9.59 Å². The van der Waals surface area contributed by atoms with E-state index in [1.807, 2.05) is 65.8 Å². The maximum atomic E-state index is 11.6. The molecule has 2 amide bonds. The van der Waals surface area contributed by atoms with Crippen molar-refractivity contribution in [3.8, 4) is 0 Å². The molecule has 0 radical (unpaired) electrons. The summed E-state index contributed by atoms with van der Waals surface area (Å²) in [5, 5.41) is 6.52. The van der Waals surface area contributed by atoms with Gasteiger partial charge in [-0.2, -0.15) is 0 Å². The first-order valence-electron chi connectivity index (χ1n) is 20.1. The summed E-state index contributed by atoms with van der Waals surface area (Å²) >= 11 is 3.35. The number of anilines is 1. The minimum Gasteiger partial charge on any atom is -0.444 e. The van der Waals surface area contributed by atoms with Crippen LogP contribution in [0.5, 0.6) is 0 Å². The van der Waals surface area contributed by atoms with Gasteiger partial charge in [0.2, 0.25) is 0 Å². The number of hydrogen-bond acceptors (Lipinski definition) is 9. The lowest BCUT2D eigenvalue weighted by Gasteiger charge is -2.22. The molecule has 2 saturated heterocycles. The van der Waals surface area contributed by atoms with Crippen LogP contribution >= 0.6 is 15.9 Å². The van der Waals surface area contributed by atoms with Gasteiger partial charge < -0.3 is 44.8 Å². The fourth-order valence-electron chi connectivity index (χ4n) is 5.40. The molecule has 312 valence electrons. The van der Waals surface area contributed by atoms with Gasteiger partial charge in [0.25, 0.3) is 0 Å². The second kappa shape index (κ2) is 27.7. The summed E-state index contributed by atoms with van der Waals surface area (Å²) < 4.78 is 32.5. The van der Waals surface area contributed by atoms with E-state index >= 15 is 0 Å². The zero-order chi connectivity index (χ0) is 40.4. The topological polar surface area (TPSA) is 140 Å². The molecule has 0 spiro atoms. The molecule has 11 nitrogen and oxygen atoms in total. The van der Waals surface area contributed by atoms with Crippen LogP contribution in [0.2, 0.25) is 0 Å². The SMILES string of the molecule is BrCCCOC1CCCCO1.CC(C)(C)OC(=O)NCCc1ccc(CCCCOC2CCCCO2)cc1.CC(C)(C)OC(=O)NCCc1ccc(N)cc1. The highest BCUT2D eigenvalue weighted by molar-refractivity contribution is 9.09. The Balaban J connectivity index is 0.000000317. The Morgan fingerprint density at radius 2 is 1.07 bits per heavy atom. The fourth-order valence-corrected chi connectivity index (χ4v) is 5.63. The quantitative estimate of drug-likeness (QED) is 0.0858. The van der Waals surface area contributed by atoms with Crippen LogP contribution in [0.4, 0.5) is 15.3 Å². The molecule has 0 bridgehead atoms. The van der Waals surface area contributed by atoms with Crippen LogP contribution in [0.3, 0.4) is 0 Å². The van der Waals surface area contributed by atoms with E-state index in [2.05, 4.69) is 50.8 Å². The van der Waals surface area contributed by atoms with E-state index in [1.165, 1.54) is 30.4 Å². The maximum absolute atomic E-state index is 11.6. The number of carbonyl (C=O) groups is 2. The van der Waals surface area contributed by atoms with Gasteiger partial charge in [0.15, 0.2) is 12.6 Å². The van der Waals surface area contributed by atoms with Gasteiger partial charge in [-0.15, -0.1) is 0 Å². The van der Waals surface area contributed by atoms with Gasteiger partial charge in [-0.25, -0.2) is 9.59 Å². The molecule has 55 heavy (non-hydrogen) atoms. The van der Waals surface area contributed by atoms with Gasteiger partial charge in [0, 0.05) is 43.9 Å². The normalized spacial score (nSPS) is 17.1. The highest BCUT2D eigenvalue weighted by Gasteiger charge is 2.17. The van der Waals surface area contributed by atoms with Crippen molar-refractivity contribution in [2.24, 2.45) is 0 Å². The molecule has 2 atom stereocenters. The molecule has 0 aromatic heterocycles. The predicted octanol–water partition coefficient (Wildman–Crippen LogP) is 9.27. The van der Waals surface area contributed by atoms with Crippen LogP contribution in [0, 0.1) is 0 Å². The van der Waals surface area contributed by atoms with Gasteiger partial charge in [-0.1, -0.05) is 52.3 Å². The molecule has 0 saturated carbocycles. The summed E-state index contributed by atoms with van der Waals surface area (Å²) in [7, 11) is 0. The van der Waals surface area contributed by atoms with Crippen LogP contribution < -0.4 is 16.4 Å². The largest absolute Gasteiger partial charge is 0.444 e. The summed E-state index contributed by atoms with van der Waals surface area (Å²) in [6, 6.07) is 16.2. The van der Waals surface area contributed by atoms with Crippen molar-refractivity contribution in [2.45, 2.75) is 142 Å². The third-order valence-electron chi connectivity index (χ3n) is 8.19.